The molecule has 0 saturated heterocycles. The molecule has 1 aromatic rings. The van der Waals surface area contributed by atoms with Crippen LogP contribution in [-0.2, 0) is 6.42 Å². The van der Waals surface area contributed by atoms with Crippen molar-refractivity contribution in [3.05, 3.63) is 34.6 Å². The quantitative estimate of drug-likeness (QED) is 0.858. The van der Waals surface area contributed by atoms with E-state index in [4.69, 9.17) is 11.6 Å². The number of benzene rings is 1. The van der Waals surface area contributed by atoms with Gasteiger partial charge in [0.05, 0.1) is 0 Å². The smallest absolute Gasteiger partial charge is 0.124 e. The van der Waals surface area contributed by atoms with E-state index in [1.165, 1.54) is 12.1 Å². The van der Waals surface area contributed by atoms with Gasteiger partial charge in [-0.15, -0.1) is 0 Å². The van der Waals surface area contributed by atoms with Crippen molar-refractivity contribution in [3.8, 4) is 0 Å². The highest BCUT2D eigenvalue weighted by Gasteiger charge is 2.12. The van der Waals surface area contributed by atoms with Gasteiger partial charge in [-0.05, 0) is 57.4 Å². The molecule has 1 unspecified atom stereocenters. The van der Waals surface area contributed by atoms with Crippen LogP contribution in [0.4, 0.5) is 4.39 Å². The SMILES string of the molecule is CC(CNC(C)(C)C)Cc1ccc(F)cc1Cl. The molecule has 0 aromatic heterocycles. The highest BCUT2D eigenvalue weighted by Crippen LogP contribution is 2.20. The van der Waals surface area contributed by atoms with Crippen molar-refractivity contribution in [1.29, 1.82) is 0 Å². The molecule has 0 heterocycles. The summed E-state index contributed by atoms with van der Waals surface area (Å²) in [6.45, 7) is 9.52. The van der Waals surface area contributed by atoms with Crippen molar-refractivity contribution in [2.45, 2.75) is 39.7 Å². The average molecular weight is 258 g/mol. The van der Waals surface area contributed by atoms with Gasteiger partial charge in [-0.1, -0.05) is 24.6 Å². The molecule has 0 aliphatic rings. The molecule has 1 nitrogen and oxygen atoms in total. The fourth-order valence-electron chi connectivity index (χ4n) is 1.62. The maximum absolute atomic E-state index is 12.9. The van der Waals surface area contributed by atoms with E-state index in [0.29, 0.717) is 10.9 Å². The van der Waals surface area contributed by atoms with Crippen LogP contribution in [0.15, 0.2) is 18.2 Å². The third kappa shape index (κ3) is 5.51. The second kappa shape index (κ2) is 5.83. The summed E-state index contributed by atoms with van der Waals surface area (Å²) in [7, 11) is 0. The van der Waals surface area contributed by atoms with Crippen molar-refractivity contribution in [2.24, 2.45) is 5.92 Å². The Labute approximate surface area is 108 Å². The molecule has 1 aromatic carbocycles. The summed E-state index contributed by atoms with van der Waals surface area (Å²) in [6.07, 6.45) is 0.863. The zero-order valence-electron chi connectivity index (χ0n) is 11.0. The third-order valence-corrected chi connectivity index (χ3v) is 2.92. The minimum Gasteiger partial charge on any atom is -0.312 e. The number of halogens is 2. The number of hydrogen-bond donors (Lipinski definition) is 1. The van der Waals surface area contributed by atoms with Crippen LogP contribution in [-0.4, -0.2) is 12.1 Å². The van der Waals surface area contributed by atoms with E-state index in [1.54, 1.807) is 6.07 Å². The maximum Gasteiger partial charge on any atom is 0.124 e. The van der Waals surface area contributed by atoms with Crippen molar-refractivity contribution < 1.29 is 4.39 Å². The third-order valence-electron chi connectivity index (χ3n) is 2.56. The Morgan fingerprint density at radius 3 is 2.53 bits per heavy atom. The van der Waals surface area contributed by atoms with Gasteiger partial charge in [0, 0.05) is 10.6 Å². The summed E-state index contributed by atoms with van der Waals surface area (Å²) >= 11 is 6.00. The Morgan fingerprint density at radius 1 is 1.35 bits per heavy atom. The van der Waals surface area contributed by atoms with Crippen LogP contribution in [0.3, 0.4) is 0 Å². The number of nitrogens with one attached hydrogen (secondary N) is 1. The van der Waals surface area contributed by atoms with E-state index in [1.807, 2.05) is 0 Å². The molecule has 17 heavy (non-hydrogen) atoms. The Balaban J connectivity index is 2.53. The average Bonchev–Trinajstić information content (AvgIpc) is 2.18. The topological polar surface area (TPSA) is 12.0 Å². The van der Waals surface area contributed by atoms with E-state index in [9.17, 15) is 4.39 Å². The molecule has 0 spiro atoms. The zero-order valence-corrected chi connectivity index (χ0v) is 11.7. The van der Waals surface area contributed by atoms with Crippen LogP contribution in [0.5, 0.6) is 0 Å². The summed E-state index contributed by atoms with van der Waals surface area (Å²) < 4.78 is 12.9. The molecule has 1 rings (SSSR count). The van der Waals surface area contributed by atoms with Gasteiger partial charge in [0.15, 0.2) is 0 Å². The molecule has 0 aliphatic heterocycles. The summed E-state index contributed by atoms with van der Waals surface area (Å²) in [4.78, 5) is 0. The lowest BCUT2D eigenvalue weighted by Crippen LogP contribution is -2.39. The summed E-state index contributed by atoms with van der Waals surface area (Å²) in [6, 6.07) is 4.61. The highest BCUT2D eigenvalue weighted by atomic mass is 35.5. The molecule has 96 valence electrons. The van der Waals surface area contributed by atoms with E-state index in [2.05, 4.69) is 33.0 Å². The summed E-state index contributed by atoms with van der Waals surface area (Å²) in [5.41, 5.74) is 1.14. The standard InChI is InChI=1S/C14H21ClFN/c1-10(9-17-14(2,3)4)7-11-5-6-12(16)8-13(11)15/h5-6,8,10,17H,7,9H2,1-4H3. The van der Waals surface area contributed by atoms with Gasteiger partial charge in [0.25, 0.3) is 0 Å². The van der Waals surface area contributed by atoms with Crippen LogP contribution < -0.4 is 5.32 Å². The maximum atomic E-state index is 12.9. The highest BCUT2D eigenvalue weighted by molar-refractivity contribution is 6.31. The van der Waals surface area contributed by atoms with Gasteiger partial charge in [0.1, 0.15) is 5.82 Å². The van der Waals surface area contributed by atoms with Gasteiger partial charge in [-0.25, -0.2) is 4.39 Å². The first kappa shape index (κ1) is 14.5. The van der Waals surface area contributed by atoms with Crippen LogP contribution >= 0.6 is 11.6 Å². The predicted molar refractivity (Wildman–Crippen MR) is 72.0 cm³/mol. The minimum absolute atomic E-state index is 0.126. The van der Waals surface area contributed by atoms with Crippen molar-refractivity contribution in [1.82, 2.24) is 5.32 Å². The Hall–Kier alpha value is -0.600. The van der Waals surface area contributed by atoms with Crippen LogP contribution in [0.25, 0.3) is 0 Å². The lowest BCUT2D eigenvalue weighted by molar-refractivity contribution is 0.381. The Morgan fingerprint density at radius 2 is 2.00 bits per heavy atom. The molecule has 1 N–H and O–H groups in total. The molecule has 0 aliphatic carbocycles. The first-order chi connectivity index (χ1) is 7.78. The van der Waals surface area contributed by atoms with E-state index in [-0.39, 0.29) is 11.4 Å². The first-order valence-corrected chi connectivity index (χ1v) is 6.34. The summed E-state index contributed by atoms with van der Waals surface area (Å²) in [5, 5.41) is 3.98. The van der Waals surface area contributed by atoms with E-state index < -0.39 is 0 Å². The second-order valence-electron chi connectivity index (χ2n) is 5.68. The molecule has 0 radical (unpaired) electrons. The molecular formula is C14H21ClFN. The minimum atomic E-state index is -0.279. The lowest BCUT2D eigenvalue weighted by atomic mass is 9.99. The lowest BCUT2D eigenvalue weighted by Gasteiger charge is -2.23. The fraction of sp³-hybridized carbons (Fsp3) is 0.571. The van der Waals surface area contributed by atoms with Gasteiger partial charge >= 0.3 is 0 Å². The largest absolute Gasteiger partial charge is 0.312 e. The fourth-order valence-corrected chi connectivity index (χ4v) is 1.86. The monoisotopic (exact) mass is 257 g/mol. The molecule has 0 fully saturated rings. The van der Waals surface area contributed by atoms with E-state index >= 15 is 0 Å². The molecule has 3 heteroatoms. The van der Waals surface area contributed by atoms with Crippen LogP contribution in [0, 0.1) is 11.7 Å². The predicted octanol–water partition coefficient (Wildman–Crippen LogP) is 4.05. The number of hydrogen-bond acceptors (Lipinski definition) is 1. The Bertz CT molecular complexity index is 371. The van der Waals surface area contributed by atoms with Gasteiger partial charge in [0.2, 0.25) is 0 Å². The second-order valence-corrected chi connectivity index (χ2v) is 6.08. The first-order valence-electron chi connectivity index (χ1n) is 5.97. The summed E-state index contributed by atoms with van der Waals surface area (Å²) in [5.74, 6) is 0.191. The van der Waals surface area contributed by atoms with Gasteiger partial charge in [-0.3, -0.25) is 0 Å². The normalized spacial score (nSPS) is 13.8. The molecule has 0 amide bonds. The molecule has 0 bridgehead atoms. The Kier molecular flexibility index (Phi) is 4.96. The molecule has 0 saturated carbocycles. The molecule has 1 atom stereocenters. The van der Waals surface area contributed by atoms with E-state index in [0.717, 1.165) is 18.5 Å². The molecular weight excluding hydrogens is 237 g/mol. The van der Waals surface area contributed by atoms with Crippen molar-refractivity contribution >= 4 is 11.6 Å². The van der Waals surface area contributed by atoms with Crippen LogP contribution in [0.1, 0.15) is 33.3 Å². The van der Waals surface area contributed by atoms with Gasteiger partial charge in [-0.2, -0.15) is 0 Å². The van der Waals surface area contributed by atoms with Crippen molar-refractivity contribution in [3.63, 3.8) is 0 Å². The van der Waals surface area contributed by atoms with Crippen LogP contribution in [0.2, 0.25) is 5.02 Å². The number of rotatable bonds is 4. The van der Waals surface area contributed by atoms with Crippen molar-refractivity contribution in [2.75, 3.05) is 6.54 Å². The zero-order chi connectivity index (χ0) is 13.1. The van der Waals surface area contributed by atoms with Gasteiger partial charge < -0.3 is 5.32 Å².